The molecule has 124 valence electrons. The number of nitrogens with zero attached hydrogens (tertiary/aromatic N) is 3. The van der Waals surface area contributed by atoms with Crippen molar-refractivity contribution in [1.82, 2.24) is 14.8 Å². The molecule has 0 N–H and O–H groups in total. The maximum Gasteiger partial charge on any atom is 0.255 e. The molecule has 1 unspecified atom stereocenters. The molecule has 23 heavy (non-hydrogen) atoms. The summed E-state index contributed by atoms with van der Waals surface area (Å²) in [4.78, 5) is 31.8. The highest BCUT2D eigenvalue weighted by atomic mass is 16.7. The van der Waals surface area contributed by atoms with Gasteiger partial charge in [0.1, 0.15) is 0 Å². The summed E-state index contributed by atoms with van der Waals surface area (Å²) in [6.45, 7) is 4.25. The highest BCUT2D eigenvalue weighted by molar-refractivity contribution is 5.94. The summed E-state index contributed by atoms with van der Waals surface area (Å²) in [5.74, 6) is -1.03. The molecule has 1 atom stereocenters. The lowest BCUT2D eigenvalue weighted by Gasteiger charge is -2.43. The quantitative estimate of drug-likeness (QED) is 0.754. The third kappa shape index (κ3) is 3.51. The van der Waals surface area contributed by atoms with E-state index in [2.05, 4.69) is 4.98 Å². The molecule has 0 radical (unpaired) electrons. The number of aromatic nitrogens is 1. The minimum Gasteiger partial charge on any atom is -0.347 e. The van der Waals surface area contributed by atoms with Crippen molar-refractivity contribution in [2.45, 2.75) is 19.1 Å². The van der Waals surface area contributed by atoms with Crippen molar-refractivity contribution in [2.75, 3.05) is 39.4 Å². The lowest BCUT2D eigenvalue weighted by Crippen LogP contribution is -2.59. The molecule has 0 bridgehead atoms. The maximum atomic E-state index is 12.6. The summed E-state index contributed by atoms with van der Waals surface area (Å²) in [6, 6.07) is 3.48. The molecule has 7 nitrogen and oxygen atoms in total. The average molecular weight is 319 g/mol. The van der Waals surface area contributed by atoms with Gasteiger partial charge in [-0.15, -0.1) is 0 Å². The Labute approximate surface area is 135 Å². The highest BCUT2D eigenvalue weighted by Gasteiger charge is 2.42. The minimum atomic E-state index is -0.932. The number of ether oxygens (including phenoxy) is 2. The smallest absolute Gasteiger partial charge is 0.255 e. The topological polar surface area (TPSA) is 72.0 Å². The van der Waals surface area contributed by atoms with Gasteiger partial charge < -0.3 is 19.3 Å². The van der Waals surface area contributed by atoms with E-state index < -0.39 is 5.79 Å². The van der Waals surface area contributed by atoms with Crippen molar-refractivity contribution in [3.63, 3.8) is 0 Å². The fourth-order valence-electron chi connectivity index (χ4n) is 2.98. The van der Waals surface area contributed by atoms with E-state index in [1.54, 1.807) is 41.2 Å². The third-order valence-corrected chi connectivity index (χ3v) is 4.17. The Balaban J connectivity index is 1.76. The Kier molecular flexibility index (Phi) is 4.58. The van der Waals surface area contributed by atoms with Crippen molar-refractivity contribution in [3.05, 3.63) is 30.1 Å². The largest absolute Gasteiger partial charge is 0.347 e. The number of carbonyl (C=O) groups excluding carboxylic acids is 2. The van der Waals surface area contributed by atoms with Gasteiger partial charge in [0.2, 0.25) is 11.7 Å². The van der Waals surface area contributed by atoms with Crippen LogP contribution in [0.3, 0.4) is 0 Å². The van der Waals surface area contributed by atoms with Crippen LogP contribution in [0, 0.1) is 0 Å². The number of amides is 2. The Morgan fingerprint density at radius 1 is 1.17 bits per heavy atom. The van der Waals surface area contributed by atoms with Gasteiger partial charge in [-0.3, -0.25) is 14.6 Å². The van der Waals surface area contributed by atoms with Crippen molar-refractivity contribution in [1.29, 1.82) is 0 Å². The van der Waals surface area contributed by atoms with Crippen molar-refractivity contribution in [2.24, 2.45) is 0 Å². The van der Waals surface area contributed by atoms with Gasteiger partial charge in [0.15, 0.2) is 0 Å². The maximum absolute atomic E-state index is 12.6. The van der Waals surface area contributed by atoms with E-state index in [1.165, 1.54) is 0 Å². The molecule has 0 aromatic carbocycles. The molecule has 2 saturated heterocycles. The molecule has 0 saturated carbocycles. The van der Waals surface area contributed by atoms with Crippen LogP contribution in [0.4, 0.5) is 0 Å². The van der Waals surface area contributed by atoms with E-state index in [9.17, 15) is 9.59 Å². The lowest BCUT2D eigenvalue weighted by molar-refractivity contribution is -0.260. The fraction of sp³-hybridized carbons (Fsp3) is 0.562. The van der Waals surface area contributed by atoms with Crippen molar-refractivity contribution in [3.8, 4) is 0 Å². The summed E-state index contributed by atoms with van der Waals surface area (Å²) < 4.78 is 11.8. The van der Waals surface area contributed by atoms with E-state index in [4.69, 9.17) is 9.47 Å². The monoisotopic (exact) mass is 319 g/mol. The van der Waals surface area contributed by atoms with Gasteiger partial charge in [-0.25, -0.2) is 0 Å². The molecule has 1 aromatic rings. The number of hydrogen-bond donors (Lipinski definition) is 0. The lowest BCUT2D eigenvalue weighted by atomic mass is 10.1. The van der Waals surface area contributed by atoms with Gasteiger partial charge >= 0.3 is 0 Å². The number of rotatable bonds is 1. The Bertz CT molecular complexity index is 580. The second kappa shape index (κ2) is 6.64. The van der Waals surface area contributed by atoms with Crippen LogP contribution in [0.25, 0.3) is 0 Å². The van der Waals surface area contributed by atoms with E-state index in [-0.39, 0.29) is 11.8 Å². The first-order valence-electron chi connectivity index (χ1n) is 7.82. The number of pyridine rings is 1. The van der Waals surface area contributed by atoms with Crippen molar-refractivity contribution < 1.29 is 19.1 Å². The first-order chi connectivity index (χ1) is 11.1. The molecule has 1 aromatic heterocycles. The second-order valence-corrected chi connectivity index (χ2v) is 5.87. The second-order valence-electron chi connectivity index (χ2n) is 5.87. The molecular formula is C16H21N3O4. The highest BCUT2D eigenvalue weighted by Crippen LogP contribution is 2.25. The molecule has 0 aliphatic carbocycles. The van der Waals surface area contributed by atoms with Gasteiger partial charge in [-0.2, -0.15) is 0 Å². The molecule has 2 fully saturated rings. The number of morpholine rings is 1. The van der Waals surface area contributed by atoms with E-state index in [0.29, 0.717) is 45.0 Å². The van der Waals surface area contributed by atoms with Crippen molar-refractivity contribution >= 4 is 11.8 Å². The minimum absolute atomic E-state index is 0.00538. The molecule has 2 amide bonds. The van der Waals surface area contributed by atoms with Crippen LogP contribution in [0.1, 0.15) is 23.7 Å². The Morgan fingerprint density at radius 3 is 2.70 bits per heavy atom. The molecule has 2 aliphatic heterocycles. The molecule has 7 heteroatoms. The number of carbonyl (C=O) groups is 2. The Hall–Kier alpha value is -1.99. The molecule has 3 rings (SSSR count). The molecule has 3 heterocycles. The zero-order chi connectivity index (χ0) is 16.3. The van der Waals surface area contributed by atoms with Crippen LogP contribution >= 0.6 is 0 Å². The van der Waals surface area contributed by atoms with Gasteiger partial charge in [0.05, 0.1) is 31.9 Å². The van der Waals surface area contributed by atoms with Crippen LogP contribution in [-0.4, -0.2) is 71.8 Å². The Morgan fingerprint density at radius 2 is 1.96 bits per heavy atom. The molecular weight excluding hydrogens is 298 g/mol. The van der Waals surface area contributed by atoms with Gasteiger partial charge in [0.25, 0.3) is 5.91 Å². The zero-order valence-corrected chi connectivity index (χ0v) is 13.2. The van der Waals surface area contributed by atoms with Crippen LogP contribution in [0.15, 0.2) is 24.5 Å². The number of hydrogen-bond acceptors (Lipinski definition) is 5. The summed E-state index contributed by atoms with van der Waals surface area (Å²) in [7, 11) is 0. The van der Waals surface area contributed by atoms with Gasteiger partial charge in [0, 0.05) is 32.4 Å². The average Bonchev–Trinajstić information content (AvgIpc) is 2.78. The predicted molar refractivity (Wildman–Crippen MR) is 81.6 cm³/mol. The van der Waals surface area contributed by atoms with Crippen LogP contribution < -0.4 is 0 Å². The van der Waals surface area contributed by atoms with Crippen LogP contribution in [0.2, 0.25) is 0 Å². The van der Waals surface area contributed by atoms with Crippen LogP contribution in [-0.2, 0) is 14.3 Å². The first-order valence-corrected chi connectivity index (χ1v) is 7.82. The fourth-order valence-corrected chi connectivity index (χ4v) is 2.98. The standard InChI is InChI=1S/C16H21N3O4/c1-13(20)18-6-3-8-22-16(11-18)12-19(7-9-23-16)15(21)14-4-2-5-17-10-14/h2,4-5,10H,3,6-9,11-12H2,1H3. The van der Waals surface area contributed by atoms with Crippen LogP contribution in [0.5, 0.6) is 0 Å². The van der Waals surface area contributed by atoms with Gasteiger partial charge in [-0.1, -0.05) is 0 Å². The molecule has 1 spiro atoms. The molecule has 2 aliphatic rings. The summed E-state index contributed by atoms with van der Waals surface area (Å²) in [6.07, 6.45) is 3.96. The third-order valence-electron chi connectivity index (χ3n) is 4.17. The summed E-state index contributed by atoms with van der Waals surface area (Å²) in [5.41, 5.74) is 0.543. The van der Waals surface area contributed by atoms with E-state index >= 15 is 0 Å². The van der Waals surface area contributed by atoms with Gasteiger partial charge in [-0.05, 0) is 18.6 Å². The summed E-state index contributed by atoms with van der Waals surface area (Å²) in [5, 5.41) is 0. The van der Waals surface area contributed by atoms with E-state index in [0.717, 1.165) is 6.42 Å². The summed E-state index contributed by atoms with van der Waals surface area (Å²) >= 11 is 0. The SMILES string of the molecule is CC(=O)N1CCCOC2(C1)CN(C(=O)c1cccnc1)CCO2. The van der Waals surface area contributed by atoms with E-state index in [1.807, 2.05) is 0 Å². The zero-order valence-electron chi connectivity index (χ0n) is 13.2. The predicted octanol–water partition coefficient (Wildman–Crippen LogP) is 0.519. The first kappa shape index (κ1) is 15.9. The normalized spacial score (nSPS) is 25.3.